The molecule has 2 aromatic carbocycles. The van der Waals surface area contributed by atoms with Crippen molar-refractivity contribution >= 4 is 17.9 Å². The number of fused-ring (bicyclic) bond motifs is 9. The van der Waals surface area contributed by atoms with E-state index in [4.69, 9.17) is 9.73 Å². The summed E-state index contributed by atoms with van der Waals surface area (Å²) in [5, 5.41) is 3.85. The molecule has 8 unspecified atom stereocenters. The lowest BCUT2D eigenvalue weighted by molar-refractivity contribution is 0.0385. The molecule has 0 amide bonds. The highest BCUT2D eigenvalue weighted by Gasteiger charge is 2.47. The number of ether oxygens (including phenoxy) is 1. The van der Waals surface area contributed by atoms with Crippen LogP contribution >= 0.6 is 0 Å². The number of hydrogen-bond acceptors (Lipinski definition) is 3. The van der Waals surface area contributed by atoms with Gasteiger partial charge in [-0.1, -0.05) is 141 Å². The van der Waals surface area contributed by atoms with Gasteiger partial charge in [-0.2, -0.15) is 0 Å². The van der Waals surface area contributed by atoms with Crippen LogP contribution in [0.1, 0.15) is 78.2 Å². The summed E-state index contributed by atoms with van der Waals surface area (Å²) in [7, 11) is 0. The first-order valence-electron chi connectivity index (χ1n) is 22.0. The third-order valence-electron chi connectivity index (χ3n) is 14.8. The van der Waals surface area contributed by atoms with Gasteiger partial charge in [0.15, 0.2) is 0 Å². The van der Waals surface area contributed by atoms with Gasteiger partial charge in [0.05, 0.1) is 17.9 Å². The molecular formula is C55H51N3O. The Hall–Kier alpha value is -5.71. The minimum atomic E-state index is -0.154. The van der Waals surface area contributed by atoms with E-state index in [1.54, 1.807) is 0 Å². The molecular weight excluding hydrogens is 719 g/mol. The fourth-order valence-corrected chi connectivity index (χ4v) is 11.8. The third kappa shape index (κ3) is 5.63. The SMILES string of the molecule is CC1(C)c2cc(-n3c4c(c5c3C=CC(C3C=CC=C6C7C=CC=CC7OC63)C5)CCC=C4)ccc2C2C=CC(C3N=C(c4ccccc4)C=C(C4=CCCC=C4)N3)=CC21. The van der Waals surface area contributed by atoms with E-state index in [-0.39, 0.29) is 23.8 Å². The normalized spacial score (nSPS) is 31.1. The standard InChI is InChI=1S/C55H51N3O/c1-55(2)46-31-37(54-56-48(34-14-5-3-6-15-34)33-49(57-54)35-16-7-4-8-17-35)24-27-40(46)41-28-26-38(32-47(41)55)58-50-22-11-9-18-42(50)45-30-36(25-29-51(45)58)39-20-13-21-44-43-19-10-12-23-52(43)59-53(39)44/h3,5-7,10-17,19-29,31-33,36,39-40,43,46,52-54,57H,4,8-9,18,30H2,1-2H3. The Morgan fingerprint density at radius 3 is 2.59 bits per heavy atom. The van der Waals surface area contributed by atoms with E-state index in [1.807, 2.05) is 0 Å². The second kappa shape index (κ2) is 13.7. The molecule has 8 atom stereocenters. The van der Waals surface area contributed by atoms with Gasteiger partial charge in [-0.25, -0.2) is 0 Å². The van der Waals surface area contributed by atoms with Gasteiger partial charge < -0.3 is 14.6 Å². The molecule has 0 saturated carbocycles. The molecule has 59 heavy (non-hydrogen) atoms. The molecule has 4 nitrogen and oxygen atoms in total. The van der Waals surface area contributed by atoms with Crippen molar-refractivity contribution in [2.45, 2.75) is 75.7 Å². The van der Waals surface area contributed by atoms with Gasteiger partial charge in [0, 0.05) is 40.5 Å². The summed E-state index contributed by atoms with van der Waals surface area (Å²) in [6, 6.07) is 18.0. The van der Waals surface area contributed by atoms with Crippen LogP contribution in [0, 0.1) is 23.7 Å². The maximum absolute atomic E-state index is 6.77. The van der Waals surface area contributed by atoms with Crippen molar-refractivity contribution in [2.75, 3.05) is 0 Å². The number of allylic oxidation sites excluding steroid dienone is 12. The average molecular weight is 770 g/mol. The number of hydrogen-bond donors (Lipinski definition) is 1. The molecule has 0 spiro atoms. The van der Waals surface area contributed by atoms with E-state index >= 15 is 0 Å². The molecule has 1 fully saturated rings. The van der Waals surface area contributed by atoms with Crippen LogP contribution in [0.2, 0.25) is 0 Å². The molecule has 3 aromatic rings. The maximum atomic E-state index is 6.77. The van der Waals surface area contributed by atoms with Crippen LogP contribution in [0.15, 0.2) is 173 Å². The van der Waals surface area contributed by atoms with Crippen molar-refractivity contribution in [1.29, 1.82) is 0 Å². The van der Waals surface area contributed by atoms with Crippen molar-refractivity contribution in [3.05, 3.63) is 207 Å². The van der Waals surface area contributed by atoms with Crippen LogP contribution in [0.4, 0.5) is 0 Å². The summed E-state index contributed by atoms with van der Waals surface area (Å²) < 4.78 is 9.35. The third-order valence-corrected chi connectivity index (χ3v) is 14.8. The lowest BCUT2D eigenvalue weighted by Crippen LogP contribution is -2.35. The minimum Gasteiger partial charge on any atom is -0.365 e. The molecule has 2 aliphatic heterocycles. The van der Waals surface area contributed by atoms with E-state index < -0.39 is 0 Å². The van der Waals surface area contributed by atoms with Crippen molar-refractivity contribution in [1.82, 2.24) is 9.88 Å². The van der Waals surface area contributed by atoms with Crippen LogP contribution in [-0.2, 0) is 23.0 Å². The Kier molecular flexibility index (Phi) is 8.17. The molecule has 9 aliphatic rings. The highest BCUT2D eigenvalue weighted by Crippen LogP contribution is 2.55. The number of rotatable bonds is 5. The van der Waals surface area contributed by atoms with Crippen LogP contribution in [0.25, 0.3) is 17.8 Å². The van der Waals surface area contributed by atoms with Gasteiger partial charge in [0.2, 0.25) is 0 Å². The minimum absolute atomic E-state index is 0.0641. The quantitative estimate of drug-likeness (QED) is 0.281. The van der Waals surface area contributed by atoms with Gasteiger partial charge in [-0.3, -0.25) is 4.99 Å². The lowest BCUT2D eigenvalue weighted by atomic mass is 9.73. The van der Waals surface area contributed by atoms with Crippen LogP contribution in [-0.4, -0.2) is 28.7 Å². The Morgan fingerprint density at radius 1 is 0.814 bits per heavy atom. The first-order valence-corrected chi connectivity index (χ1v) is 22.0. The summed E-state index contributed by atoms with van der Waals surface area (Å²) in [5.74, 6) is 1.76. The fraction of sp³-hybridized carbons (Fsp3) is 0.291. The molecule has 4 heteroatoms. The van der Waals surface area contributed by atoms with Crippen molar-refractivity contribution < 1.29 is 4.74 Å². The molecule has 1 saturated heterocycles. The molecule has 12 rings (SSSR count). The van der Waals surface area contributed by atoms with Gasteiger partial charge in [0.25, 0.3) is 0 Å². The number of aliphatic imine (C=N–C) groups is 1. The van der Waals surface area contributed by atoms with E-state index in [0.29, 0.717) is 29.6 Å². The lowest BCUT2D eigenvalue weighted by Gasteiger charge is -2.33. The van der Waals surface area contributed by atoms with Gasteiger partial charge in [-0.05, 0) is 124 Å². The summed E-state index contributed by atoms with van der Waals surface area (Å²) in [6.07, 6.45) is 47.7. The topological polar surface area (TPSA) is 38.5 Å². The van der Waals surface area contributed by atoms with E-state index in [0.717, 1.165) is 49.1 Å². The number of nitrogens with zero attached hydrogens (tertiary/aromatic N) is 2. The Morgan fingerprint density at radius 2 is 1.69 bits per heavy atom. The summed E-state index contributed by atoms with van der Waals surface area (Å²) >= 11 is 0. The largest absolute Gasteiger partial charge is 0.365 e. The Bertz CT molecular complexity index is 2660. The van der Waals surface area contributed by atoms with Gasteiger partial charge >= 0.3 is 0 Å². The summed E-state index contributed by atoms with van der Waals surface area (Å²) in [6.45, 7) is 4.92. The maximum Gasteiger partial charge on any atom is 0.145 e. The highest BCUT2D eigenvalue weighted by atomic mass is 16.5. The zero-order valence-electron chi connectivity index (χ0n) is 34.0. The van der Waals surface area contributed by atoms with Gasteiger partial charge in [0.1, 0.15) is 6.17 Å². The predicted octanol–water partition coefficient (Wildman–Crippen LogP) is 11.3. The number of benzene rings is 2. The zero-order chi connectivity index (χ0) is 39.2. The average Bonchev–Trinajstić information content (AvgIpc) is 3.91. The first kappa shape index (κ1) is 35.3. The molecule has 7 aliphatic carbocycles. The summed E-state index contributed by atoms with van der Waals surface area (Å²) in [4.78, 5) is 5.35. The molecule has 0 bridgehead atoms. The smallest absolute Gasteiger partial charge is 0.145 e. The van der Waals surface area contributed by atoms with E-state index in [9.17, 15) is 0 Å². The summed E-state index contributed by atoms with van der Waals surface area (Å²) in [5.41, 5.74) is 17.2. The van der Waals surface area contributed by atoms with Crippen molar-refractivity contribution in [3.8, 4) is 5.69 Å². The zero-order valence-corrected chi connectivity index (χ0v) is 34.0. The van der Waals surface area contributed by atoms with Crippen molar-refractivity contribution in [3.63, 3.8) is 0 Å². The molecule has 3 heterocycles. The fourth-order valence-electron chi connectivity index (χ4n) is 11.8. The molecule has 1 aromatic heterocycles. The predicted molar refractivity (Wildman–Crippen MR) is 241 cm³/mol. The second-order valence-electron chi connectivity index (χ2n) is 18.4. The van der Waals surface area contributed by atoms with E-state index in [1.165, 1.54) is 56.0 Å². The molecule has 292 valence electrons. The Balaban J connectivity index is 0.865. The highest BCUT2D eigenvalue weighted by molar-refractivity contribution is 6.10. The van der Waals surface area contributed by atoms with Crippen molar-refractivity contribution in [2.24, 2.45) is 28.7 Å². The van der Waals surface area contributed by atoms with E-state index in [2.05, 4.69) is 182 Å². The number of aromatic nitrogens is 1. The van der Waals surface area contributed by atoms with Crippen LogP contribution in [0.3, 0.4) is 0 Å². The molecule has 1 N–H and O–H groups in total. The van der Waals surface area contributed by atoms with Gasteiger partial charge in [-0.15, -0.1) is 0 Å². The monoisotopic (exact) mass is 769 g/mol. The Labute approximate surface area is 348 Å². The van der Waals surface area contributed by atoms with Crippen LogP contribution < -0.4 is 5.32 Å². The number of nitrogens with one attached hydrogen (secondary N) is 1. The first-order chi connectivity index (χ1) is 29.0. The molecule has 0 radical (unpaired) electrons. The second-order valence-corrected chi connectivity index (χ2v) is 18.4. The van der Waals surface area contributed by atoms with Crippen LogP contribution in [0.5, 0.6) is 0 Å².